The summed E-state index contributed by atoms with van der Waals surface area (Å²) in [6, 6.07) is 2.53. The molecule has 1 aromatic heterocycles. The van der Waals surface area contributed by atoms with E-state index in [9.17, 15) is 0 Å². The van der Waals surface area contributed by atoms with Gasteiger partial charge in [-0.2, -0.15) is 5.10 Å². The minimum absolute atomic E-state index is 0. The highest BCUT2D eigenvalue weighted by molar-refractivity contribution is 14.0. The van der Waals surface area contributed by atoms with Crippen LogP contribution in [0.15, 0.2) is 23.5 Å². The molecule has 1 saturated heterocycles. The summed E-state index contributed by atoms with van der Waals surface area (Å²) in [5, 5.41) is 11.0. The molecule has 2 rings (SSSR count). The molecule has 0 amide bonds. The van der Waals surface area contributed by atoms with Crippen molar-refractivity contribution in [2.75, 3.05) is 46.9 Å². The number of methoxy groups -OCH3 is 1. The molecule has 0 spiro atoms. The van der Waals surface area contributed by atoms with Gasteiger partial charge in [0, 0.05) is 58.8 Å². The first-order valence-electron chi connectivity index (χ1n) is 8.48. The molecule has 138 valence electrons. The second-order valence-corrected chi connectivity index (χ2v) is 5.83. The van der Waals surface area contributed by atoms with Gasteiger partial charge in [0.15, 0.2) is 5.96 Å². The number of aliphatic imine (C=N–C) groups is 1. The number of halogens is 1. The quantitative estimate of drug-likeness (QED) is 0.256. The Morgan fingerprint density at radius 1 is 1.38 bits per heavy atom. The highest BCUT2D eigenvalue weighted by Crippen LogP contribution is 2.15. The lowest BCUT2D eigenvalue weighted by atomic mass is 10.2. The molecule has 8 heteroatoms. The molecule has 1 aromatic rings. The minimum atomic E-state index is 0. The molecule has 2 heterocycles. The van der Waals surface area contributed by atoms with E-state index in [4.69, 9.17) is 4.74 Å². The summed E-state index contributed by atoms with van der Waals surface area (Å²) in [6.45, 7) is 5.73. The average molecular weight is 450 g/mol. The fraction of sp³-hybridized carbons (Fsp3) is 0.750. The van der Waals surface area contributed by atoms with Crippen molar-refractivity contribution in [2.45, 2.75) is 31.8 Å². The first-order chi connectivity index (χ1) is 11.3. The number of hydrogen-bond donors (Lipinski definition) is 2. The Morgan fingerprint density at radius 3 is 2.96 bits per heavy atom. The van der Waals surface area contributed by atoms with Crippen molar-refractivity contribution in [3.05, 3.63) is 18.5 Å². The van der Waals surface area contributed by atoms with E-state index in [1.807, 2.05) is 30.2 Å². The summed E-state index contributed by atoms with van der Waals surface area (Å²) >= 11 is 0. The summed E-state index contributed by atoms with van der Waals surface area (Å²) < 4.78 is 7.14. The van der Waals surface area contributed by atoms with Crippen molar-refractivity contribution in [3.8, 4) is 0 Å². The van der Waals surface area contributed by atoms with Crippen LogP contribution in [0.3, 0.4) is 0 Å². The molecule has 1 aliphatic heterocycles. The van der Waals surface area contributed by atoms with Crippen LogP contribution in [0.25, 0.3) is 0 Å². The molecule has 0 aromatic carbocycles. The first kappa shape index (κ1) is 21.2. The molecule has 0 bridgehead atoms. The van der Waals surface area contributed by atoms with E-state index in [2.05, 4.69) is 25.6 Å². The van der Waals surface area contributed by atoms with Crippen LogP contribution in [0.2, 0.25) is 0 Å². The van der Waals surface area contributed by atoms with Gasteiger partial charge >= 0.3 is 0 Å². The standard InChI is InChI=1S/C16H30N6O.HI/c1-17-16(18-7-4-10-22-11-5-8-20-22)19-14-15-6-3-9-21(15)12-13-23-2;/h5,8,11,15H,3-4,6-7,9-10,12-14H2,1-2H3,(H2,17,18,19);1H. The van der Waals surface area contributed by atoms with Crippen LogP contribution < -0.4 is 10.6 Å². The van der Waals surface area contributed by atoms with Crippen molar-refractivity contribution in [1.29, 1.82) is 0 Å². The molecule has 0 aliphatic carbocycles. The van der Waals surface area contributed by atoms with Gasteiger partial charge in [-0.05, 0) is 31.9 Å². The second-order valence-electron chi connectivity index (χ2n) is 5.83. The van der Waals surface area contributed by atoms with Crippen molar-refractivity contribution in [1.82, 2.24) is 25.3 Å². The third-order valence-corrected chi connectivity index (χ3v) is 4.23. The molecule has 0 radical (unpaired) electrons. The zero-order valence-electron chi connectivity index (χ0n) is 14.8. The number of rotatable bonds is 9. The molecule has 2 N–H and O–H groups in total. The van der Waals surface area contributed by atoms with E-state index in [-0.39, 0.29) is 24.0 Å². The Bertz CT molecular complexity index is 453. The van der Waals surface area contributed by atoms with Crippen molar-refractivity contribution in [2.24, 2.45) is 4.99 Å². The van der Waals surface area contributed by atoms with Crippen molar-refractivity contribution < 1.29 is 4.74 Å². The minimum Gasteiger partial charge on any atom is -0.383 e. The van der Waals surface area contributed by atoms with Crippen LogP contribution >= 0.6 is 24.0 Å². The number of aromatic nitrogens is 2. The van der Waals surface area contributed by atoms with Gasteiger partial charge in [0.2, 0.25) is 0 Å². The molecule has 1 fully saturated rings. The topological polar surface area (TPSA) is 66.7 Å². The van der Waals surface area contributed by atoms with E-state index in [0.29, 0.717) is 6.04 Å². The molecule has 1 atom stereocenters. The van der Waals surface area contributed by atoms with Crippen LogP contribution in [-0.4, -0.2) is 73.6 Å². The zero-order valence-corrected chi connectivity index (χ0v) is 17.1. The fourth-order valence-electron chi connectivity index (χ4n) is 2.94. The molecule has 0 saturated carbocycles. The third-order valence-electron chi connectivity index (χ3n) is 4.23. The van der Waals surface area contributed by atoms with E-state index >= 15 is 0 Å². The predicted molar refractivity (Wildman–Crippen MR) is 108 cm³/mol. The summed E-state index contributed by atoms with van der Waals surface area (Å²) in [5.74, 6) is 0.879. The Labute approximate surface area is 162 Å². The zero-order chi connectivity index (χ0) is 16.3. The average Bonchev–Trinajstić information content (AvgIpc) is 3.24. The van der Waals surface area contributed by atoms with Gasteiger partial charge in [-0.1, -0.05) is 0 Å². The normalized spacial score (nSPS) is 18.4. The lowest BCUT2D eigenvalue weighted by Gasteiger charge is -2.25. The highest BCUT2D eigenvalue weighted by atomic mass is 127. The van der Waals surface area contributed by atoms with Gasteiger partial charge < -0.3 is 15.4 Å². The highest BCUT2D eigenvalue weighted by Gasteiger charge is 2.23. The van der Waals surface area contributed by atoms with Gasteiger partial charge in [0.05, 0.1) is 6.61 Å². The Balaban J connectivity index is 0.00000288. The first-order valence-corrected chi connectivity index (χ1v) is 8.48. The number of hydrogen-bond acceptors (Lipinski definition) is 4. The lowest BCUT2D eigenvalue weighted by molar-refractivity contribution is 0.141. The van der Waals surface area contributed by atoms with E-state index in [1.165, 1.54) is 19.4 Å². The summed E-state index contributed by atoms with van der Waals surface area (Å²) in [4.78, 5) is 6.80. The monoisotopic (exact) mass is 450 g/mol. The van der Waals surface area contributed by atoms with Crippen molar-refractivity contribution in [3.63, 3.8) is 0 Å². The number of nitrogens with one attached hydrogen (secondary N) is 2. The fourth-order valence-corrected chi connectivity index (χ4v) is 2.94. The SMILES string of the molecule is CN=C(NCCCn1cccn1)NCC1CCCN1CCOC.I. The van der Waals surface area contributed by atoms with E-state index in [0.717, 1.165) is 45.2 Å². The largest absolute Gasteiger partial charge is 0.383 e. The number of aryl methyl sites for hydroxylation is 1. The van der Waals surface area contributed by atoms with Gasteiger partial charge in [0.1, 0.15) is 0 Å². The summed E-state index contributed by atoms with van der Waals surface area (Å²) in [5.41, 5.74) is 0. The maximum absolute atomic E-state index is 5.19. The molecule has 7 nitrogen and oxygen atoms in total. The number of ether oxygens (including phenoxy) is 1. The van der Waals surface area contributed by atoms with Crippen LogP contribution in [0.5, 0.6) is 0 Å². The van der Waals surface area contributed by atoms with Crippen LogP contribution in [0.1, 0.15) is 19.3 Å². The Hall–Kier alpha value is -0.870. The molecular weight excluding hydrogens is 419 g/mol. The number of nitrogens with zero attached hydrogens (tertiary/aromatic N) is 4. The van der Waals surface area contributed by atoms with Crippen LogP contribution in [0, 0.1) is 0 Å². The second kappa shape index (κ2) is 12.5. The smallest absolute Gasteiger partial charge is 0.191 e. The molecule has 24 heavy (non-hydrogen) atoms. The molecule has 1 aliphatic rings. The van der Waals surface area contributed by atoms with Crippen LogP contribution in [0.4, 0.5) is 0 Å². The van der Waals surface area contributed by atoms with Gasteiger partial charge in [0.25, 0.3) is 0 Å². The number of likely N-dealkylation sites (tertiary alicyclic amines) is 1. The lowest BCUT2D eigenvalue weighted by Crippen LogP contribution is -2.45. The summed E-state index contributed by atoms with van der Waals surface area (Å²) in [6.07, 6.45) is 7.33. The predicted octanol–water partition coefficient (Wildman–Crippen LogP) is 1.17. The Kier molecular flexibility index (Phi) is 11.0. The van der Waals surface area contributed by atoms with Crippen molar-refractivity contribution >= 4 is 29.9 Å². The Morgan fingerprint density at radius 2 is 2.25 bits per heavy atom. The molecular formula is C16H31IN6O. The third kappa shape index (κ3) is 7.35. The number of guanidine groups is 1. The van der Waals surface area contributed by atoms with Crippen LogP contribution in [-0.2, 0) is 11.3 Å². The van der Waals surface area contributed by atoms with Gasteiger partial charge in [-0.3, -0.25) is 14.6 Å². The summed E-state index contributed by atoms with van der Waals surface area (Å²) in [7, 11) is 3.58. The van der Waals surface area contributed by atoms with E-state index in [1.54, 1.807) is 7.11 Å². The maximum Gasteiger partial charge on any atom is 0.191 e. The van der Waals surface area contributed by atoms with Gasteiger partial charge in [-0.15, -0.1) is 24.0 Å². The van der Waals surface area contributed by atoms with E-state index < -0.39 is 0 Å². The van der Waals surface area contributed by atoms with Gasteiger partial charge in [-0.25, -0.2) is 0 Å². The maximum atomic E-state index is 5.19. The molecule has 1 unspecified atom stereocenters.